The standard InChI is InChI=1S/C26H21ClF3N5O2S/c1-2-37-22-13-11-21(12-14-22)35-24(18-5-9-20(27)10-6-18)33-34-25(35)38-16-23(36)32-31-15-17-3-7-19(8-4-17)26(28,29)30/h3-15H,2,16H2,1H3,(H,32,36). The summed E-state index contributed by atoms with van der Waals surface area (Å²) in [6.07, 6.45) is -3.15. The van der Waals surface area contributed by atoms with Crippen LogP contribution >= 0.6 is 23.4 Å². The Morgan fingerprint density at radius 1 is 1.05 bits per heavy atom. The van der Waals surface area contributed by atoms with Crippen LogP contribution in [0.2, 0.25) is 5.02 Å². The number of hydrogen-bond donors (Lipinski definition) is 1. The number of carbonyl (C=O) groups is 1. The fourth-order valence-electron chi connectivity index (χ4n) is 3.34. The molecule has 0 spiro atoms. The van der Waals surface area contributed by atoms with Crippen molar-refractivity contribution in [2.75, 3.05) is 12.4 Å². The Hall–Kier alpha value is -3.83. The lowest BCUT2D eigenvalue weighted by atomic mass is 10.1. The zero-order valence-electron chi connectivity index (χ0n) is 19.9. The van der Waals surface area contributed by atoms with Gasteiger partial charge in [-0.25, -0.2) is 5.43 Å². The smallest absolute Gasteiger partial charge is 0.416 e. The van der Waals surface area contributed by atoms with Crippen LogP contribution in [-0.4, -0.2) is 39.2 Å². The molecule has 12 heteroatoms. The molecule has 0 fully saturated rings. The van der Waals surface area contributed by atoms with Gasteiger partial charge in [0.1, 0.15) is 5.75 Å². The Morgan fingerprint density at radius 3 is 2.37 bits per heavy atom. The van der Waals surface area contributed by atoms with Crippen molar-refractivity contribution in [2.45, 2.75) is 18.3 Å². The van der Waals surface area contributed by atoms with Gasteiger partial charge in [0, 0.05) is 16.3 Å². The summed E-state index contributed by atoms with van der Waals surface area (Å²) < 4.78 is 45.4. The minimum Gasteiger partial charge on any atom is -0.494 e. The van der Waals surface area contributed by atoms with E-state index in [2.05, 4.69) is 20.7 Å². The van der Waals surface area contributed by atoms with E-state index in [4.69, 9.17) is 16.3 Å². The van der Waals surface area contributed by atoms with Gasteiger partial charge in [0.05, 0.1) is 24.1 Å². The summed E-state index contributed by atoms with van der Waals surface area (Å²) in [5, 5.41) is 13.5. The molecule has 0 aliphatic carbocycles. The molecular formula is C26H21ClF3N5O2S. The summed E-state index contributed by atoms with van der Waals surface area (Å²) in [6, 6.07) is 19.0. The van der Waals surface area contributed by atoms with Gasteiger partial charge in [-0.05, 0) is 73.2 Å². The van der Waals surface area contributed by atoms with E-state index in [1.54, 1.807) is 12.1 Å². The van der Waals surface area contributed by atoms with Crippen LogP contribution in [0.15, 0.2) is 83.1 Å². The van der Waals surface area contributed by atoms with Gasteiger partial charge in [-0.15, -0.1) is 10.2 Å². The molecule has 0 saturated carbocycles. The average Bonchev–Trinajstić information content (AvgIpc) is 3.32. The van der Waals surface area contributed by atoms with Crippen LogP contribution in [-0.2, 0) is 11.0 Å². The highest BCUT2D eigenvalue weighted by Gasteiger charge is 2.29. The van der Waals surface area contributed by atoms with E-state index in [1.165, 1.54) is 18.3 Å². The van der Waals surface area contributed by atoms with Crippen molar-refractivity contribution in [1.29, 1.82) is 0 Å². The Bertz CT molecular complexity index is 1410. The van der Waals surface area contributed by atoms with Gasteiger partial charge < -0.3 is 4.74 Å². The first-order chi connectivity index (χ1) is 18.2. The Labute approximate surface area is 225 Å². The molecule has 0 aliphatic heterocycles. The second kappa shape index (κ2) is 12.1. The lowest BCUT2D eigenvalue weighted by Gasteiger charge is -2.11. The van der Waals surface area contributed by atoms with Crippen LogP contribution in [0.5, 0.6) is 5.75 Å². The van der Waals surface area contributed by atoms with Gasteiger partial charge in [-0.2, -0.15) is 18.3 Å². The second-order valence-corrected chi connectivity index (χ2v) is 9.16. The van der Waals surface area contributed by atoms with Crippen molar-refractivity contribution in [3.63, 3.8) is 0 Å². The minimum atomic E-state index is -4.42. The molecule has 1 N–H and O–H groups in total. The number of hydrogen-bond acceptors (Lipinski definition) is 6. The third-order valence-electron chi connectivity index (χ3n) is 5.11. The van der Waals surface area contributed by atoms with Gasteiger partial charge >= 0.3 is 6.18 Å². The third-order valence-corrected chi connectivity index (χ3v) is 6.30. The molecule has 0 aliphatic rings. The zero-order valence-corrected chi connectivity index (χ0v) is 21.5. The average molecular weight is 560 g/mol. The molecule has 0 saturated heterocycles. The van der Waals surface area contributed by atoms with Gasteiger partial charge in [0.25, 0.3) is 5.91 Å². The van der Waals surface area contributed by atoms with Crippen molar-refractivity contribution in [3.8, 4) is 22.8 Å². The van der Waals surface area contributed by atoms with E-state index in [-0.39, 0.29) is 5.75 Å². The van der Waals surface area contributed by atoms with Crippen LogP contribution in [0.4, 0.5) is 13.2 Å². The van der Waals surface area contributed by atoms with Crippen LogP contribution < -0.4 is 10.2 Å². The normalized spacial score (nSPS) is 11.6. The molecule has 0 unspecified atom stereocenters. The van der Waals surface area contributed by atoms with Crippen LogP contribution in [0.1, 0.15) is 18.1 Å². The zero-order chi connectivity index (χ0) is 27.1. The largest absolute Gasteiger partial charge is 0.494 e. The highest BCUT2D eigenvalue weighted by Crippen LogP contribution is 2.30. The molecule has 0 radical (unpaired) electrons. The number of aromatic nitrogens is 3. The molecule has 0 bridgehead atoms. The fourth-order valence-corrected chi connectivity index (χ4v) is 4.21. The topological polar surface area (TPSA) is 81.4 Å². The number of halogens is 4. The van der Waals surface area contributed by atoms with Crippen molar-refractivity contribution in [3.05, 3.63) is 88.9 Å². The number of ether oxygens (including phenoxy) is 1. The summed E-state index contributed by atoms with van der Waals surface area (Å²) in [5.41, 5.74) is 3.58. The van der Waals surface area contributed by atoms with E-state index in [0.717, 1.165) is 40.9 Å². The number of benzene rings is 3. The molecule has 1 amide bonds. The molecule has 4 aromatic rings. The van der Waals surface area contributed by atoms with Crippen molar-refractivity contribution >= 4 is 35.5 Å². The van der Waals surface area contributed by atoms with Crippen LogP contribution in [0.25, 0.3) is 17.1 Å². The van der Waals surface area contributed by atoms with Crippen molar-refractivity contribution < 1.29 is 22.7 Å². The SMILES string of the molecule is CCOc1ccc(-n2c(SCC(=O)NN=Cc3ccc(C(F)(F)F)cc3)nnc2-c2ccc(Cl)cc2)cc1. The highest BCUT2D eigenvalue weighted by atomic mass is 35.5. The van der Waals surface area contributed by atoms with E-state index in [0.29, 0.717) is 28.2 Å². The lowest BCUT2D eigenvalue weighted by Crippen LogP contribution is -2.20. The number of amides is 1. The Kier molecular flexibility index (Phi) is 8.70. The van der Waals surface area contributed by atoms with E-state index in [9.17, 15) is 18.0 Å². The van der Waals surface area contributed by atoms with Gasteiger partial charge in [-0.3, -0.25) is 9.36 Å². The number of carbonyl (C=O) groups excluding carboxylic acids is 1. The molecule has 1 heterocycles. The molecule has 0 atom stereocenters. The van der Waals surface area contributed by atoms with E-state index in [1.807, 2.05) is 47.9 Å². The number of hydrazone groups is 1. The number of alkyl halides is 3. The van der Waals surface area contributed by atoms with Crippen LogP contribution in [0.3, 0.4) is 0 Å². The Morgan fingerprint density at radius 2 is 1.74 bits per heavy atom. The molecule has 1 aromatic heterocycles. The minimum absolute atomic E-state index is 0.0276. The molecule has 4 rings (SSSR count). The summed E-state index contributed by atoms with van der Waals surface area (Å²) in [4.78, 5) is 12.4. The predicted octanol–water partition coefficient (Wildman–Crippen LogP) is 6.25. The van der Waals surface area contributed by atoms with E-state index >= 15 is 0 Å². The predicted molar refractivity (Wildman–Crippen MR) is 141 cm³/mol. The molecule has 38 heavy (non-hydrogen) atoms. The first-order valence-electron chi connectivity index (χ1n) is 11.3. The first-order valence-corrected chi connectivity index (χ1v) is 12.7. The third kappa shape index (κ3) is 6.93. The van der Waals surface area contributed by atoms with Crippen molar-refractivity contribution in [2.24, 2.45) is 5.10 Å². The second-order valence-electron chi connectivity index (χ2n) is 7.78. The molecule has 3 aromatic carbocycles. The monoisotopic (exact) mass is 559 g/mol. The van der Waals surface area contributed by atoms with Crippen LogP contribution in [0, 0.1) is 0 Å². The molecule has 7 nitrogen and oxygen atoms in total. The van der Waals surface area contributed by atoms with Gasteiger partial charge in [0.15, 0.2) is 11.0 Å². The number of thioether (sulfide) groups is 1. The quantitative estimate of drug-likeness (QED) is 0.149. The molecule has 196 valence electrons. The maximum Gasteiger partial charge on any atom is 0.416 e. The Balaban J connectivity index is 1.47. The van der Waals surface area contributed by atoms with E-state index < -0.39 is 17.6 Å². The summed E-state index contributed by atoms with van der Waals surface area (Å²) in [6.45, 7) is 2.44. The maximum absolute atomic E-state index is 12.7. The van der Waals surface area contributed by atoms with Gasteiger partial charge in [-0.1, -0.05) is 35.5 Å². The maximum atomic E-state index is 12.7. The number of rotatable bonds is 9. The summed E-state index contributed by atoms with van der Waals surface area (Å²) in [5.74, 6) is 0.832. The number of nitrogens with zero attached hydrogens (tertiary/aromatic N) is 4. The van der Waals surface area contributed by atoms with Gasteiger partial charge in [0.2, 0.25) is 0 Å². The number of nitrogens with one attached hydrogen (secondary N) is 1. The summed E-state index contributed by atoms with van der Waals surface area (Å²) in [7, 11) is 0. The highest BCUT2D eigenvalue weighted by molar-refractivity contribution is 7.99. The fraction of sp³-hybridized carbons (Fsp3) is 0.154. The molecular weight excluding hydrogens is 539 g/mol. The van der Waals surface area contributed by atoms with Crippen molar-refractivity contribution in [1.82, 2.24) is 20.2 Å². The first kappa shape index (κ1) is 27.2. The lowest BCUT2D eigenvalue weighted by molar-refractivity contribution is -0.137. The summed E-state index contributed by atoms with van der Waals surface area (Å²) >= 11 is 7.19.